The summed E-state index contributed by atoms with van der Waals surface area (Å²) in [7, 11) is 0. The van der Waals surface area contributed by atoms with E-state index in [-0.39, 0.29) is 0 Å². The molecule has 1 aromatic heterocycles. The highest BCUT2D eigenvalue weighted by Crippen LogP contribution is 2.20. The van der Waals surface area contributed by atoms with E-state index < -0.39 is 6.03 Å². The normalized spacial score (nSPS) is 10.5. The monoisotopic (exact) mass is 249 g/mol. The van der Waals surface area contributed by atoms with Gasteiger partial charge < -0.3 is 0 Å². The maximum atomic E-state index is 11.6. The Bertz CT molecular complexity index is 751. The molecule has 0 unspecified atom stereocenters. The van der Waals surface area contributed by atoms with Crippen LogP contribution in [0.25, 0.3) is 22.0 Å². The molecule has 0 atom stereocenters. The van der Waals surface area contributed by atoms with Crippen molar-refractivity contribution in [2.45, 2.75) is 0 Å². The van der Waals surface area contributed by atoms with Crippen molar-refractivity contribution >= 4 is 16.8 Å². The van der Waals surface area contributed by atoms with Gasteiger partial charge in [0.25, 0.3) is 0 Å². The van der Waals surface area contributed by atoms with E-state index in [9.17, 15) is 4.79 Å². The molecule has 0 fully saturated rings. The lowest BCUT2D eigenvalue weighted by atomic mass is 10.1. The van der Waals surface area contributed by atoms with Crippen LogP contribution >= 0.6 is 0 Å². The topological polar surface area (TPSA) is 47.0 Å². The second kappa shape index (κ2) is 4.53. The van der Waals surface area contributed by atoms with E-state index in [4.69, 9.17) is 5.73 Å². The first-order chi connectivity index (χ1) is 9.25. The molecular weight excluding hydrogens is 236 g/mol. The van der Waals surface area contributed by atoms with Gasteiger partial charge in [0.1, 0.15) is 11.9 Å². The van der Waals surface area contributed by atoms with E-state index in [2.05, 4.69) is 0 Å². The summed E-state index contributed by atoms with van der Waals surface area (Å²) < 4.78 is 1.48. The second-order valence-electron chi connectivity index (χ2n) is 4.36. The SMILES string of the molecule is NC(=O)[n+]1cc2ccccc2cc1-c1ccccc1. The van der Waals surface area contributed by atoms with E-state index in [0.717, 1.165) is 22.0 Å². The zero-order valence-electron chi connectivity index (χ0n) is 10.3. The van der Waals surface area contributed by atoms with Gasteiger partial charge in [0.05, 0.1) is 0 Å². The largest absolute Gasteiger partial charge is 0.494 e. The molecule has 92 valence electrons. The standard InChI is InChI=1S/C16H12N2O/c17-16(19)18-11-14-9-5-4-8-13(14)10-15(18)12-6-2-1-3-7-12/h1-11H,(H-,17,19)/p+1. The Hall–Kier alpha value is -2.68. The summed E-state index contributed by atoms with van der Waals surface area (Å²) in [6, 6.07) is 19.1. The van der Waals surface area contributed by atoms with Crippen molar-refractivity contribution in [3.8, 4) is 11.3 Å². The van der Waals surface area contributed by atoms with Gasteiger partial charge >= 0.3 is 6.03 Å². The number of carbonyl (C=O) groups is 1. The molecule has 0 aliphatic carbocycles. The van der Waals surface area contributed by atoms with Crippen LogP contribution in [-0.4, -0.2) is 6.03 Å². The van der Waals surface area contributed by atoms with Crippen LogP contribution in [0.15, 0.2) is 66.9 Å². The summed E-state index contributed by atoms with van der Waals surface area (Å²) in [5.41, 5.74) is 7.23. The van der Waals surface area contributed by atoms with Crippen LogP contribution in [0.1, 0.15) is 0 Å². The van der Waals surface area contributed by atoms with Crippen LogP contribution < -0.4 is 10.3 Å². The minimum absolute atomic E-state index is 0.482. The lowest BCUT2D eigenvalue weighted by Crippen LogP contribution is -2.48. The van der Waals surface area contributed by atoms with E-state index in [0.29, 0.717) is 0 Å². The van der Waals surface area contributed by atoms with Crippen LogP contribution in [0.3, 0.4) is 0 Å². The van der Waals surface area contributed by atoms with Crippen molar-refractivity contribution < 1.29 is 9.36 Å². The van der Waals surface area contributed by atoms with Crippen LogP contribution in [0.5, 0.6) is 0 Å². The fraction of sp³-hybridized carbons (Fsp3) is 0. The van der Waals surface area contributed by atoms with Crippen molar-refractivity contribution in [1.29, 1.82) is 0 Å². The number of pyridine rings is 1. The predicted octanol–water partition coefficient (Wildman–Crippen LogP) is 2.72. The predicted molar refractivity (Wildman–Crippen MR) is 74.6 cm³/mol. The van der Waals surface area contributed by atoms with E-state index in [1.807, 2.05) is 60.7 Å². The van der Waals surface area contributed by atoms with Gasteiger partial charge in [-0.05, 0) is 11.5 Å². The summed E-state index contributed by atoms with van der Waals surface area (Å²) >= 11 is 0. The number of fused-ring (bicyclic) bond motifs is 1. The summed E-state index contributed by atoms with van der Waals surface area (Å²) in [6.45, 7) is 0. The van der Waals surface area contributed by atoms with Gasteiger partial charge in [-0.15, -0.1) is 0 Å². The Morgan fingerprint density at radius 1 is 0.895 bits per heavy atom. The smallest absolute Gasteiger partial charge is 0.250 e. The van der Waals surface area contributed by atoms with Crippen LogP contribution in [-0.2, 0) is 0 Å². The number of primary amides is 1. The summed E-state index contributed by atoms with van der Waals surface area (Å²) in [6.07, 6.45) is 1.78. The average molecular weight is 249 g/mol. The molecule has 0 bridgehead atoms. The molecule has 3 nitrogen and oxygen atoms in total. The summed E-state index contributed by atoms with van der Waals surface area (Å²) in [5, 5.41) is 2.07. The van der Waals surface area contributed by atoms with Gasteiger partial charge in [-0.25, -0.2) is 0 Å². The van der Waals surface area contributed by atoms with E-state index in [1.54, 1.807) is 6.20 Å². The number of aromatic nitrogens is 1. The molecule has 0 aliphatic rings. The van der Waals surface area contributed by atoms with Crippen molar-refractivity contribution in [2.24, 2.45) is 5.73 Å². The number of carbonyl (C=O) groups excluding carboxylic acids is 1. The quantitative estimate of drug-likeness (QED) is 0.662. The molecule has 0 saturated heterocycles. The van der Waals surface area contributed by atoms with Gasteiger partial charge in [0.2, 0.25) is 0 Å². The van der Waals surface area contributed by atoms with Crippen molar-refractivity contribution in [3.63, 3.8) is 0 Å². The van der Waals surface area contributed by atoms with Gasteiger partial charge in [0.15, 0.2) is 0 Å². The fourth-order valence-electron chi connectivity index (χ4n) is 2.20. The highest BCUT2D eigenvalue weighted by atomic mass is 16.2. The zero-order valence-corrected chi connectivity index (χ0v) is 10.3. The van der Waals surface area contributed by atoms with Crippen LogP contribution in [0.2, 0.25) is 0 Å². The van der Waals surface area contributed by atoms with Gasteiger partial charge in [-0.3, -0.25) is 5.73 Å². The Morgan fingerprint density at radius 3 is 2.21 bits per heavy atom. The number of amides is 1. The van der Waals surface area contributed by atoms with Gasteiger partial charge in [-0.1, -0.05) is 54.6 Å². The summed E-state index contributed by atoms with van der Waals surface area (Å²) in [4.78, 5) is 11.6. The third-order valence-corrected chi connectivity index (χ3v) is 3.12. The lowest BCUT2D eigenvalue weighted by molar-refractivity contribution is -0.556. The zero-order chi connectivity index (χ0) is 13.2. The Labute approximate surface area is 110 Å². The molecule has 3 rings (SSSR count). The first-order valence-corrected chi connectivity index (χ1v) is 6.05. The molecule has 2 N–H and O–H groups in total. The third-order valence-electron chi connectivity index (χ3n) is 3.12. The number of nitrogens with two attached hydrogens (primary N) is 1. The molecular formula is C16H13N2O+. The second-order valence-corrected chi connectivity index (χ2v) is 4.36. The Morgan fingerprint density at radius 2 is 1.53 bits per heavy atom. The highest BCUT2D eigenvalue weighted by Gasteiger charge is 2.15. The summed E-state index contributed by atoms with van der Waals surface area (Å²) in [5.74, 6) is 0. The molecule has 19 heavy (non-hydrogen) atoms. The number of hydrogen-bond acceptors (Lipinski definition) is 1. The Kier molecular flexibility index (Phi) is 2.72. The van der Waals surface area contributed by atoms with Crippen molar-refractivity contribution in [3.05, 3.63) is 66.9 Å². The highest BCUT2D eigenvalue weighted by molar-refractivity contribution is 5.85. The first kappa shape index (κ1) is 11.4. The molecule has 3 aromatic rings. The molecule has 1 amide bonds. The molecule has 0 spiro atoms. The number of nitrogens with zero attached hydrogens (tertiary/aromatic N) is 1. The first-order valence-electron chi connectivity index (χ1n) is 6.05. The van der Waals surface area contributed by atoms with Crippen molar-refractivity contribution in [1.82, 2.24) is 0 Å². The molecule has 0 saturated carbocycles. The average Bonchev–Trinajstić information content (AvgIpc) is 2.46. The minimum Gasteiger partial charge on any atom is -0.250 e. The molecule has 2 aromatic carbocycles. The van der Waals surface area contributed by atoms with Crippen LogP contribution in [0, 0.1) is 0 Å². The minimum atomic E-state index is -0.482. The van der Waals surface area contributed by atoms with E-state index >= 15 is 0 Å². The number of hydrogen-bond donors (Lipinski definition) is 1. The maximum absolute atomic E-state index is 11.6. The van der Waals surface area contributed by atoms with Crippen LogP contribution in [0.4, 0.5) is 4.79 Å². The molecule has 1 heterocycles. The van der Waals surface area contributed by atoms with Gasteiger partial charge in [-0.2, -0.15) is 9.36 Å². The van der Waals surface area contributed by atoms with Gasteiger partial charge in [0, 0.05) is 10.9 Å². The Balaban J connectivity index is 2.33. The molecule has 0 radical (unpaired) electrons. The van der Waals surface area contributed by atoms with E-state index in [1.165, 1.54) is 4.57 Å². The molecule has 0 aliphatic heterocycles. The van der Waals surface area contributed by atoms with Crippen molar-refractivity contribution in [2.75, 3.05) is 0 Å². The number of rotatable bonds is 1. The lowest BCUT2D eigenvalue weighted by Gasteiger charge is -2.06. The third kappa shape index (κ3) is 2.06. The maximum Gasteiger partial charge on any atom is 0.494 e. The fourth-order valence-corrected chi connectivity index (χ4v) is 2.20. The number of benzene rings is 2. The molecule has 3 heteroatoms.